The molecule has 4 nitrogen and oxygen atoms in total. The first-order chi connectivity index (χ1) is 10.7. The van der Waals surface area contributed by atoms with Crippen LogP contribution in [0.15, 0.2) is 12.1 Å². The number of rotatable bonds is 8. The lowest BCUT2D eigenvalue weighted by molar-refractivity contribution is -0.169. The van der Waals surface area contributed by atoms with Gasteiger partial charge in [-0.25, -0.2) is 4.39 Å². The molecule has 0 aromatic heterocycles. The molecule has 5 heteroatoms. The average molecular weight is 312 g/mol. The average Bonchev–Trinajstić information content (AvgIpc) is 3.01. The number of hydrogen-bond donors (Lipinski definition) is 0. The van der Waals surface area contributed by atoms with Crippen molar-refractivity contribution in [2.75, 3.05) is 26.4 Å². The maximum absolute atomic E-state index is 14.6. The smallest absolute Gasteiger partial charge is 0.197 e. The van der Waals surface area contributed by atoms with Gasteiger partial charge in [0.25, 0.3) is 0 Å². The fraction of sp³-hybridized carbons (Fsp3) is 0.647. The second kappa shape index (κ2) is 7.79. The molecule has 0 amide bonds. The molecular formula is C17H25FO4. The molecule has 0 radical (unpaired) electrons. The van der Waals surface area contributed by atoms with Crippen molar-refractivity contribution in [3.63, 3.8) is 0 Å². The molecule has 0 N–H and O–H groups in total. The second-order valence-corrected chi connectivity index (χ2v) is 5.28. The number of benzene rings is 1. The summed E-state index contributed by atoms with van der Waals surface area (Å²) in [5.41, 5.74) is 0.377. The monoisotopic (exact) mass is 312 g/mol. The highest BCUT2D eigenvalue weighted by atomic mass is 19.1. The van der Waals surface area contributed by atoms with Crippen molar-refractivity contribution in [3.8, 4) is 11.5 Å². The molecule has 1 saturated heterocycles. The third-order valence-electron chi connectivity index (χ3n) is 3.59. The van der Waals surface area contributed by atoms with Gasteiger partial charge in [-0.2, -0.15) is 0 Å². The Balaban J connectivity index is 2.37. The first-order valence-corrected chi connectivity index (χ1v) is 8.04. The number of halogens is 1. The molecule has 1 aliphatic rings. The summed E-state index contributed by atoms with van der Waals surface area (Å²) in [6, 6.07) is 3.03. The molecule has 0 spiro atoms. The van der Waals surface area contributed by atoms with Gasteiger partial charge in [-0.3, -0.25) is 0 Å². The lowest BCUT2D eigenvalue weighted by Gasteiger charge is -2.27. The lowest BCUT2D eigenvalue weighted by Crippen LogP contribution is -2.27. The van der Waals surface area contributed by atoms with E-state index in [9.17, 15) is 4.39 Å². The van der Waals surface area contributed by atoms with Crippen molar-refractivity contribution < 1.29 is 23.3 Å². The topological polar surface area (TPSA) is 36.9 Å². The Labute approximate surface area is 131 Å². The molecule has 1 aliphatic heterocycles. The zero-order valence-electron chi connectivity index (χ0n) is 13.6. The van der Waals surface area contributed by atoms with Crippen molar-refractivity contribution >= 4 is 0 Å². The van der Waals surface area contributed by atoms with Crippen molar-refractivity contribution in [2.45, 2.75) is 45.8 Å². The predicted molar refractivity (Wildman–Crippen MR) is 81.8 cm³/mol. The van der Waals surface area contributed by atoms with Crippen molar-refractivity contribution in [1.29, 1.82) is 0 Å². The van der Waals surface area contributed by atoms with E-state index in [1.807, 2.05) is 20.8 Å². The van der Waals surface area contributed by atoms with Gasteiger partial charge >= 0.3 is 0 Å². The van der Waals surface area contributed by atoms with Gasteiger partial charge in [-0.15, -0.1) is 0 Å². The van der Waals surface area contributed by atoms with E-state index in [4.69, 9.17) is 18.9 Å². The summed E-state index contributed by atoms with van der Waals surface area (Å²) < 4.78 is 37.3. The van der Waals surface area contributed by atoms with Crippen LogP contribution in [-0.4, -0.2) is 26.4 Å². The Kier molecular flexibility index (Phi) is 6.03. The summed E-state index contributed by atoms with van der Waals surface area (Å²) in [5.74, 6) is -0.435. The SMILES string of the molecule is CCCOc1cc(F)c(C2(CC)OCCO2)cc1OCCC. The van der Waals surface area contributed by atoms with Gasteiger partial charge in [-0.05, 0) is 18.9 Å². The standard InChI is InChI=1S/C17H25FO4/c1-4-7-19-15-11-13(17(6-3)21-9-10-22-17)14(18)12-16(15)20-8-5-2/h11-12H,4-10H2,1-3H3. The summed E-state index contributed by atoms with van der Waals surface area (Å²) in [7, 11) is 0. The molecular weight excluding hydrogens is 287 g/mol. The molecule has 22 heavy (non-hydrogen) atoms. The van der Waals surface area contributed by atoms with E-state index in [1.165, 1.54) is 6.07 Å². The van der Waals surface area contributed by atoms with Gasteiger partial charge in [0, 0.05) is 12.5 Å². The van der Waals surface area contributed by atoms with Gasteiger partial charge in [-0.1, -0.05) is 20.8 Å². The van der Waals surface area contributed by atoms with Crippen molar-refractivity contribution in [3.05, 3.63) is 23.5 Å². The third kappa shape index (κ3) is 3.52. The van der Waals surface area contributed by atoms with Crippen LogP contribution in [0.4, 0.5) is 4.39 Å². The fourth-order valence-corrected chi connectivity index (χ4v) is 2.48. The Bertz CT molecular complexity index is 484. The Hall–Kier alpha value is -1.33. The zero-order chi connectivity index (χ0) is 16.0. The van der Waals surface area contributed by atoms with Crippen LogP contribution in [0.5, 0.6) is 11.5 Å². The van der Waals surface area contributed by atoms with Gasteiger partial charge in [0.1, 0.15) is 5.82 Å². The van der Waals surface area contributed by atoms with Crippen LogP contribution in [0.2, 0.25) is 0 Å². The highest BCUT2D eigenvalue weighted by Gasteiger charge is 2.40. The van der Waals surface area contributed by atoms with Crippen LogP contribution in [0.3, 0.4) is 0 Å². The zero-order valence-corrected chi connectivity index (χ0v) is 13.6. The molecule has 1 aromatic rings. The second-order valence-electron chi connectivity index (χ2n) is 5.28. The van der Waals surface area contributed by atoms with Crippen LogP contribution in [0, 0.1) is 5.82 Å². The van der Waals surface area contributed by atoms with Gasteiger partial charge < -0.3 is 18.9 Å². The van der Waals surface area contributed by atoms with Crippen LogP contribution < -0.4 is 9.47 Å². The third-order valence-corrected chi connectivity index (χ3v) is 3.59. The van der Waals surface area contributed by atoms with Gasteiger partial charge in [0.15, 0.2) is 17.3 Å². The predicted octanol–water partition coefficient (Wildman–Crippen LogP) is 4.01. The van der Waals surface area contributed by atoms with E-state index in [0.29, 0.717) is 49.9 Å². The summed E-state index contributed by atoms with van der Waals surface area (Å²) in [6.07, 6.45) is 2.25. The van der Waals surface area contributed by atoms with Crippen LogP contribution in [-0.2, 0) is 15.3 Å². The Morgan fingerprint density at radius 3 is 2.05 bits per heavy atom. The Morgan fingerprint density at radius 1 is 1.00 bits per heavy atom. The minimum Gasteiger partial charge on any atom is -0.490 e. The van der Waals surface area contributed by atoms with Crippen LogP contribution in [0.1, 0.15) is 45.6 Å². The molecule has 0 unspecified atom stereocenters. The molecule has 0 aliphatic carbocycles. The molecule has 2 rings (SSSR count). The van der Waals surface area contributed by atoms with Crippen molar-refractivity contribution in [2.24, 2.45) is 0 Å². The maximum Gasteiger partial charge on any atom is 0.197 e. The van der Waals surface area contributed by atoms with E-state index in [1.54, 1.807) is 6.07 Å². The normalized spacial score (nSPS) is 16.7. The molecule has 0 saturated carbocycles. The van der Waals surface area contributed by atoms with E-state index in [2.05, 4.69) is 0 Å². The highest BCUT2D eigenvalue weighted by Crippen LogP contribution is 2.41. The van der Waals surface area contributed by atoms with Gasteiger partial charge in [0.05, 0.1) is 32.0 Å². The van der Waals surface area contributed by atoms with Crippen LogP contribution in [0.25, 0.3) is 0 Å². The summed E-state index contributed by atoms with van der Waals surface area (Å²) in [6.45, 7) is 7.94. The molecule has 1 heterocycles. The number of hydrogen-bond acceptors (Lipinski definition) is 4. The summed E-state index contributed by atoms with van der Waals surface area (Å²) in [4.78, 5) is 0. The van der Waals surface area contributed by atoms with E-state index in [0.717, 1.165) is 12.8 Å². The van der Waals surface area contributed by atoms with Crippen LogP contribution >= 0.6 is 0 Å². The molecule has 1 aromatic carbocycles. The Morgan fingerprint density at radius 2 is 1.55 bits per heavy atom. The largest absolute Gasteiger partial charge is 0.490 e. The van der Waals surface area contributed by atoms with Gasteiger partial charge in [0.2, 0.25) is 0 Å². The summed E-state index contributed by atoms with van der Waals surface area (Å²) >= 11 is 0. The first kappa shape index (κ1) is 17.0. The highest BCUT2D eigenvalue weighted by molar-refractivity contribution is 5.45. The fourth-order valence-electron chi connectivity index (χ4n) is 2.48. The minimum absolute atomic E-state index is 0.377. The molecule has 0 bridgehead atoms. The maximum atomic E-state index is 14.6. The minimum atomic E-state index is -1.02. The molecule has 0 atom stereocenters. The molecule has 124 valence electrons. The van der Waals surface area contributed by atoms with Crippen molar-refractivity contribution in [1.82, 2.24) is 0 Å². The quantitative estimate of drug-likeness (QED) is 0.726. The lowest BCUT2D eigenvalue weighted by atomic mass is 10.0. The summed E-state index contributed by atoms with van der Waals surface area (Å²) in [5, 5.41) is 0. The van der Waals surface area contributed by atoms with E-state index >= 15 is 0 Å². The van der Waals surface area contributed by atoms with E-state index < -0.39 is 11.6 Å². The van der Waals surface area contributed by atoms with E-state index in [-0.39, 0.29) is 0 Å². The first-order valence-electron chi connectivity index (χ1n) is 8.04. The molecule has 1 fully saturated rings. The number of ether oxygens (including phenoxy) is 4.